The molecule has 1 aliphatic heterocycles. The zero-order chi connectivity index (χ0) is 9.54. The monoisotopic (exact) mass is 208 g/mol. The minimum atomic E-state index is 0.519. The molecule has 0 unspecified atom stereocenters. The molecule has 74 valence electrons. The third-order valence-corrected chi connectivity index (χ3v) is 3.85. The van der Waals surface area contributed by atoms with Gasteiger partial charge in [-0.25, -0.2) is 0 Å². The summed E-state index contributed by atoms with van der Waals surface area (Å²) in [6.07, 6.45) is 4.39. The highest BCUT2D eigenvalue weighted by Gasteiger charge is 2.30. The van der Waals surface area contributed by atoms with Gasteiger partial charge in [0.15, 0.2) is 6.29 Å². The Morgan fingerprint density at radius 1 is 1.50 bits per heavy atom. The summed E-state index contributed by atoms with van der Waals surface area (Å²) < 4.78 is 1.96. The van der Waals surface area contributed by atoms with Crippen LogP contribution in [0, 0.1) is 0 Å². The first-order valence-corrected chi connectivity index (χ1v) is 6.19. The molecule has 3 nitrogen and oxygen atoms in total. The summed E-state index contributed by atoms with van der Waals surface area (Å²) in [5.41, 5.74) is 3.20. The first-order valence-electron chi connectivity index (χ1n) is 5.03. The van der Waals surface area contributed by atoms with Crippen LogP contribution >= 0.6 is 11.8 Å². The minimum absolute atomic E-state index is 0.519. The largest absolute Gasteiger partial charge is 0.296 e. The fourth-order valence-corrected chi connectivity index (χ4v) is 2.95. The second kappa shape index (κ2) is 3.12. The summed E-state index contributed by atoms with van der Waals surface area (Å²) in [6, 6.07) is 0.519. The molecule has 0 N–H and O–H groups in total. The predicted molar refractivity (Wildman–Crippen MR) is 55.8 cm³/mol. The van der Waals surface area contributed by atoms with Crippen LogP contribution in [0.25, 0.3) is 0 Å². The number of hydrogen-bond donors (Lipinski definition) is 0. The molecule has 2 aliphatic rings. The van der Waals surface area contributed by atoms with Crippen LogP contribution in [0.3, 0.4) is 0 Å². The van der Waals surface area contributed by atoms with E-state index >= 15 is 0 Å². The van der Waals surface area contributed by atoms with Gasteiger partial charge in [-0.15, -0.1) is 0 Å². The van der Waals surface area contributed by atoms with Crippen molar-refractivity contribution >= 4 is 18.0 Å². The fourth-order valence-electron chi connectivity index (χ4n) is 1.95. The quantitative estimate of drug-likeness (QED) is 0.695. The summed E-state index contributed by atoms with van der Waals surface area (Å²) >= 11 is 1.90. The molecule has 1 aromatic heterocycles. The predicted octanol–water partition coefficient (Wildman–Crippen LogP) is 1.82. The smallest absolute Gasteiger partial charge is 0.168 e. The molecule has 1 saturated carbocycles. The highest BCUT2D eigenvalue weighted by atomic mass is 32.2. The van der Waals surface area contributed by atoms with Crippen LogP contribution < -0.4 is 0 Å². The lowest BCUT2D eigenvalue weighted by Gasteiger charge is -2.08. The second-order valence-corrected chi connectivity index (χ2v) is 5.01. The molecule has 2 heterocycles. The Kier molecular flexibility index (Phi) is 1.90. The maximum Gasteiger partial charge on any atom is 0.168 e. The first kappa shape index (κ1) is 8.53. The molecule has 14 heavy (non-hydrogen) atoms. The normalized spacial score (nSPS) is 20.6. The van der Waals surface area contributed by atoms with Crippen molar-refractivity contribution in [3.8, 4) is 0 Å². The molecule has 0 bridgehead atoms. The Bertz CT molecular complexity index is 382. The van der Waals surface area contributed by atoms with Gasteiger partial charge in [0.25, 0.3) is 0 Å². The molecule has 0 radical (unpaired) electrons. The lowest BCUT2D eigenvalue weighted by Crippen LogP contribution is -2.02. The van der Waals surface area contributed by atoms with E-state index in [-0.39, 0.29) is 0 Å². The lowest BCUT2D eigenvalue weighted by molar-refractivity contribution is 0.111. The van der Waals surface area contributed by atoms with Crippen LogP contribution in [0.4, 0.5) is 0 Å². The number of fused-ring (bicyclic) bond motifs is 1. The molecular weight excluding hydrogens is 196 g/mol. The third kappa shape index (κ3) is 1.21. The molecule has 3 rings (SSSR count). The highest BCUT2D eigenvalue weighted by Crippen LogP contribution is 2.37. The van der Waals surface area contributed by atoms with Crippen molar-refractivity contribution in [1.82, 2.24) is 9.78 Å². The maximum atomic E-state index is 11.0. The molecule has 0 aromatic carbocycles. The first-order chi connectivity index (χ1) is 6.90. The Morgan fingerprint density at radius 2 is 2.36 bits per heavy atom. The van der Waals surface area contributed by atoms with E-state index in [1.807, 2.05) is 16.4 Å². The van der Waals surface area contributed by atoms with Crippen molar-refractivity contribution in [3.63, 3.8) is 0 Å². The van der Waals surface area contributed by atoms with E-state index in [1.165, 1.54) is 18.4 Å². The Morgan fingerprint density at radius 3 is 3.07 bits per heavy atom. The van der Waals surface area contributed by atoms with E-state index in [1.54, 1.807) is 0 Å². The second-order valence-electron chi connectivity index (χ2n) is 3.91. The van der Waals surface area contributed by atoms with Gasteiger partial charge in [0, 0.05) is 17.7 Å². The Balaban J connectivity index is 2.11. The molecular formula is C10H12N2OS. The molecule has 0 spiro atoms. The summed E-state index contributed by atoms with van der Waals surface area (Å²) in [7, 11) is 0. The van der Waals surface area contributed by atoms with Crippen molar-refractivity contribution in [2.75, 3.05) is 5.75 Å². The van der Waals surface area contributed by atoms with E-state index < -0.39 is 0 Å². The number of rotatable bonds is 2. The molecule has 0 saturated heterocycles. The van der Waals surface area contributed by atoms with Crippen molar-refractivity contribution in [3.05, 3.63) is 17.0 Å². The number of aromatic nitrogens is 2. The van der Waals surface area contributed by atoms with Crippen LogP contribution in [0.15, 0.2) is 0 Å². The average Bonchev–Trinajstić information content (AvgIpc) is 2.99. The van der Waals surface area contributed by atoms with Crippen LogP contribution in [0.5, 0.6) is 0 Å². The standard InChI is InChI=1S/C10H12N2OS/c13-5-10-8-6-14-4-3-9(8)11-12(10)7-1-2-7/h5,7H,1-4,6H2. The Hall–Kier alpha value is -0.770. The zero-order valence-corrected chi connectivity index (χ0v) is 8.72. The van der Waals surface area contributed by atoms with Crippen LogP contribution in [-0.4, -0.2) is 21.8 Å². The van der Waals surface area contributed by atoms with Gasteiger partial charge in [0.2, 0.25) is 0 Å². The van der Waals surface area contributed by atoms with Gasteiger partial charge in [-0.1, -0.05) is 0 Å². The van der Waals surface area contributed by atoms with Gasteiger partial charge in [-0.05, 0) is 18.6 Å². The number of aryl methyl sites for hydroxylation is 1. The number of carbonyl (C=O) groups excluding carboxylic acids is 1. The number of hydrogen-bond acceptors (Lipinski definition) is 3. The summed E-state index contributed by atoms with van der Waals surface area (Å²) in [4.78, 5) is 11.0. The molecule has 0 amide bonds. The van der Waals surface area contributed by atoms with Gasteiger partial charge in [-0.2, -0.15) is 16.9 Å². The number of carbonyl (C=O) groups is 1. The SMILES string of the molecule is O=Cc1c2c(nn1C1CC1)CCSC2. The number of thioether (sulfide) groups is 1. The third-order valence-electron chi connectivity index (χ3n) is 2.87. The number of aldehydes is 1. The number of nitrogens with zero attached hydrogens (tertiary/aromatic N) is 2. The zero-order valence-electron chi connectivity index (χ0n) is 7.90. The van der Waals surface area contributed by atoms with Gasteiger partial charge in [-0.3, -0.25) is 9.48 Å². The van der Waals surface area contributed by atoms with E-state index in [0.29, 0.717) is 6.04 Å². The summed E-state index contributed by atoms with van der Waals surface area (Å²) in [6.45, 7) is 0. The molecule has 4 heteroatoms. The van der Waals surface area contributed by atoms with Crippen molar-refractivity contribution in [2.24, 2.45) is 0 Å². The van der Waals surface area contributed by atoms with Crippen LogP contribution in [-0.2, 0) is 12.2 Å². The van der Waals surface area contributed by atoms with Gasteiger partial charge in [0.1, 0.15) is 5.69 Å². The van der Waals surface area contributed by atoms with Crippen molar-refractivity contribution in [1.29, 1.82) is 0 Å². The van der Waals surface area contributed by atoms with Gasteiger partial charge >= 0.3 is 0 Å². The molecule has 0 atom stereocenters. The average molecular weight is 208 g/mol. The van der Waals surface area contributed by atoms with Crippen LogP contribution in [0.2, 0.25) is 0 Å². The molecule has 1 fully saturated rings. The summed E-state index contributed by atoms with van der Waals surface area (Å²) in [5.74, 6) is 2.11. The highest BCUT2D eigenvalue weighted by molar-refractivity contribution is 7.98. The Labute approximate surface area is 86.9 Å². The van der Waals surface area contributed by atoms with E-state index in [2.05, 4.69) is 5.10 Å². The van der Waals surface area contributed by atoms with Crippen LogP contribution in [0.1, 0.15) is 40.6 Å². The van der Waals surface area contributed by atoms with E-state index in [0.717, 1.165) is 35.6 Å². The van der Waals surface area contributed by atoms with Gasteiger partial charge in [0.05, 0.1) is 11.7 Å². The minimum Gasteiger partial charge on any atom is -0.296 e. The molecule has 1 aromatic rings. The lowest BCUT2D eigenvalue weighted by atomic mass is 10.2. The van der Waals surface area contributed by atoms with Gasteiger partial charge < -0.3 is 0 Å². The van der Waals surface area contributed by atoms with E-state index in [4.69, 9.17) is 0 Å². The summed E-state index contributed by atoms with van der Waals surface area (Å²) in [5, 5.41) is 4.56. The fraction of sp³-hybridized carbons (Fsp3) is 0.600. The van der Waals surface area contributed by atoms with Crippen molar-refractivity contribution in [2.45, 2.75) is 31.1 Å². The maximum absolute atomic E-state index is 11.0. The topological polar surface area (TPSA) is 34.9 Å². The van der Waals surface area contributed by atoms with E-state index in [9.17, 15) is 4.79 Å². The molecule has 1 aliphatic carbocycles. The van der Waals surface area contributed by atoms with Crippen molar-refractivity contribution < 1.29 is 4.79 Å².